The van der Waals surface area contributed by atoms with E-state index in [1.54, 1.807) is 0 Å². The Balaban J connectivity index is 3.28. The second-order valence-electron chi connectivity index (χ2n) is 2.93. The zero-order valence-corrected chi connectivity index (χ0v) is 8.58. The van der Waals surface area contributed by atoms with E-state index in [1.165, 1.54) is 31.4 Å². The zero-order valence-electron chi connectivity index (χ0n) is 8.58. The molecule has 0 saturated carbocycles. The monoisotopic (exact) mass is 225 g/mol. The molecule has 0 aliphatic carbocycles. The Hall–Kier alpha value is -2.08. The zero-order chi connectivity index (χ0) is 12.1. The van der Waals surface area contributed by atoms with Crippen LogP contribution >= 0.6 is 0 Å². The fourth-order valence-electron chi connectivity index (χ4n) is 1.19. The molecule has 1 aromatic rings. The largest absolute Gasteiger partial charge is 0.500 e. The van der Waals surface area contributed by atoms with Crippen molar-refractivity contribution in [2.75, 3.05) is 13.7 Å². The van der Waals surface area contributed by atoms with Crippen LogP contribution in [-0.4, -0.2) is 28.9 Å². The molecule has 0 saturated heterocycles. The molecule has 0 aliphatic rings. The number of phenolic OH excluding ortho intramolecular Hbond substituents is 1. The maximum absolute atomic E-state index is 10.6. The number of hydrogen-bond donors (Lipinski definition) is 2. The molecular formula is C10H11NO5. The molecule has 0 heterocycles. The Bertz CT molecular complexity index is 427. The van der Waals surface area contributed by atoms with E-state index in [1.807, 2.05) is 0 Å². The van der Waals surface area contributed by atoms with Crippen LogP contribution in [0.4, 0.5) is 5.69 Å². The first-order valence-corrected chi connectivity index (χ1v) is 4.43. The number of phenols is 1. The fraction of sp³-hybridized carbons (Fsp3) is 0.200. The first kappa shape index (κ1) is 12.0. The van der Waals surface area contributed by atoms with Gasteiger partial charge in [0.25, 0.3) is 0 Å². The molecule has 0 fully saturated rings. The lowest BCUT2D eigenvalue weighted by molar-refractivity contribution is -0.386. The molecule has 6 heteroatoms. The van der Waals surface area contributed by atoms with Gasteiger partial charge in [-0.3, -0.25) is 10.1 Å². The van der Waals surface area contributed by atoms with Crippen LogP contribution in [0.15, 0.2) is 18.2 Å². The summed E-state index contributed by atoms with van der Waals surface area (Å²) in [5, 5.41) is 28.7. The van der Waals surface area contributed by atoms with E-state index in [9.17, 15) is 15.2 Å². The topological polar surface area (TPSA) is 92.8 Å². The average molecular weight is 225 g/mol. The number of aliphatic hydroxyl groups excluding tert-OH is 1. The lowest BCUT2D eigenvalue weighted by Gasteiger charge is -2.05. The van der Waals surface area contributed by atoms with Crippen LogP contribution in [0.3, 0.4) is 0 Å². The predicted molar refractivity (Wildman–Crippen MR) is 57.4 cm³/mol. The summed E-state index contributed by atoms with van der Waals surface area (Å²) in [6, 6.07) is 2.64. The fourth-order valence-corrected chi connectivity index (χ4v) is 1.19. The third-order valence-corrected chi connectivity index (χ3v) is 1.91. The lowest BCUT2D eigenvalue weighted by Crippen LogP contribution is -1.93. The minimum atomic E-state index is -0.700. The van der Waals surface area contributed by atoms with Crippen LogP contribution in [0.5, 0.6) is 11.5 Å². The van der Waals surface area contributed by atoms with Gasteiger partial charge in [0.1, 0.15) is 0 Å². The number of ether oxygens (including phenoxy) is 1. The quantitative estimate of drug-likeness (QED) is 0.595. The number of aromatic hydroxyl groups is 1. The van der Waals surface area contributed by atoms with Gasteiger partial charge in [-0.05, 0) is 11.6 Å². The van der Waals surface area contributed by atoms with E-state index in [2.05, 4.69) is 0 Å². The Morgan fingerprint density at radius 3 is 2.75 bits per heavy atom. The highest BCUT2D eigenvalue weighted by molar-refractivity contribution is 5.64. The maximum atomic E-state index is 10.6. The standard InChI is InChI=1S/C10H11NO5/c1-16-9-6-7(3-2-4-12)5-8(10(9)13)11(14)15/h2-3,5-6,12-13H,4H2,1H3. The first-order chi connectivity index (χ1) is 7.60. The summed E-state index contributed by atoms with van der Waals surface area (Å²) in [6.07, 6.45) is 2.92. The van der Waals surface area contributed by atoms with Crippen LogP contribution in [0.2, 0.25) is 0 Å². The summed E-state index contributed by atoms with van der Waals surface area (Å²) in [6.45, 7) is -0.170. The van der Waals surface area contributed by atoms with Crippen LogP contribution in [-0.2, 0) is 0 Å². The molecule has 86 valence electrons. The summed E-state index contributed by atoms with van der Waals surface area (Å²) in [5.41, 5.74) is 0.0346. The molecule has 6 nitrogen and oxygen atoms in total. The van der Waals surface area contributed by atoms with Crippen molar-refractivity contribution in [3.63, 3.8) is 0 Å². The van der Waals surface area contributed by atoms with Gasteiger partial charge in [-0.15, -0.1) is 0 Å². The molecule has 0 amide bonds. The van der Waals surface area contributed by atoms with Crippen LogP contribution in [0.1, 0.15) is 5.56 Å². The van der Waals surface area contributed by atoms with Gasteiger partial charge in [-0.25, -0.2) is 0 Å². The molecule has 0 atom stereocenters. The van der Waals surface area contributed by atoms with Gasteiger partial charge in [0.2, 0.25) is 5.75 Å². The van der Waals surface area contributed by atoms with Crippen LogP contribution in [0.25, 0.3) is 6.08 Å². The highest BCUT2D eigenvalue weighted by Gasteiger charge is 2.18. The van der Waals surface area contributed by atoms with Crippen molar-refractivity contribution in [2.45, 2.75) is 0 Å². The SMILES string of the molecule is COc1cc(C=CCO)cc([N+](=O)[O-])c1O. The van der Waals surface area contributed by atoms with Crippen molar-refractivity contribution in [1.82, 2.24) is 0 Å². The molecule has 0 bridgehead atoms. The van der Waals surface area contributed by atoms with Gasteiger partial charge >= 0.3 is 5.69 Å². The molecule has 1 rings (SSSR count). The minimum absolute atomic E-state index is 0.0202. The molecular weight excluding hydrogens is 214 g/mol. The molecule has 0 unspecified atom stereocenters. The van der Waals surface area contributed by atoms with Gasteiger partial charge < -0.3 is 14.9 Å². The Morgan fingerprint density at radius 2 is 2.25 bits per heavy atom. The second-order valence-corrected chi connectivity index (χ2v) is 2.93. The van der Waals surface area contributed by atoms with Crippen molar-refractivity contribution in [3.8, 4) is 11.5 Å². The highest BCUT2D eigenvalue weighted by Crippen LogP contribution is 2.37. The second kappa shape index (κ2) is 5.13. The third kappa shape index (κ3) is 2.48. The van der Waals surface area contributed by atoms with E-state index in [0.717, 1.165) is 0 Å². The minimum Gasteiger partial charge on any atom is -0.500 e. The summed E-state index contributed by atoms with van der Waals surface area (Å²) in [4.78, 5) is 9.93. The van der Waals surface area contributed by atoms with Gasteiger partial charge in [-0.2, -0.15) is 0 Å². The third-order valence-electron chi connectivity index (χ3n) is 1.91. The Morgan fingerprint density at radius 1 is 1.56 bits per heavy atom. The van der Waals surface area contributed by atoms with Crippen molar-refractivity contribution in [3.05, 3.63) is 33.9 Å². The molecule has 2 N–H and O–H groups in total. The van der Waals surface area contributed by atoms with Crippen molar-refractivity contribution in [1.29, 1.82) is 0 Å². The highest BCUT2D eigenvalue weighted by atomic mass is 16.6. The van der Waals surface area contributed by atoms with Gasteiger partial charge in [0.05, 0.1) is 18.6 Å². The summed E-state index contributed by atoms with van der Waals surface area (Å²) in [7, 11) is 1.30. The lowest BCUT2D eigenvalue weighted by atomic mass is 10.1. The van der Waals surface area contributed by atoms with Gasteiger partial charge in [0, 0.05) is 6.07 Å². The average Bonchev–Trinajstić information content (AvgIpc) is 2.27. The molecule has 16 heavy (non-hydrogen) atoms. The van der Waals surface area contributed by atoms with E-state index in [-0.39, 0.29) is 12.4 Å². The molecule has 0 spiro atoms. The summed E-state index contributed by atoms with van der Waals surface area (Å²) >= 11 is 0. The number of hydrogen-bond acceptors (Lipinski definition) is 5. The normalized spacial score (nSPS) is 10.6. The van der Waals surface area contributed by atoms with Crippen LogP contribution < -0.4 is 4.74 Å². The number of nitro benzene ring substituents is 1. The number of methoxy groups -OCH3 is 1. The van der Waals surface area contributed by atoms with E-state index >= 15 is 0 Å². The molecule has 0 aromatic heterocycles. The van der Waals surface area contributed by atoms with E-state index < -0.39 is 16.4 Å². The number of benzene rings is 1. The van der Waals surface area contributed by atoms with E-state index in [4.69, 9.17) is 9.84 Å². The number of nitro groups is 1. The smallest absolute Gasteiger partial charge is 0.315 e. The maximum Gasteiger partial charge on any atom is 0.315 e. The van der Waals surface area contributed by atoms with E-state index in [0.29, 0.717) is 5.56 Å². The van der Waals surface area contributed by atoms with Crippen molar-refractivity contribution in [2.24, 2.45) is 0 Å². The number of nitrogens with zero attached hydrogens (tertiary/aromatic N) is 1. The summed E-state index contributed by atoms with van der Waals surface area (Å²) in [5.74, 6) is -0.486. The van der Waals surface area contributed by atoms with Crippen molar-refractivity contribution >= 4 is 11.8 Å². The summed E-state index contributed by atoms with van der Waals surface area (Å²) < 4.78 is 4.81. The van der Waals surface area contributed by atoms with Crippen molar-refractivity contribution < 1.29 is 19.9 Å². The Labute approximate surface area is 91.6 Å². The first-order valence-electron chi connectivity index (χ1n) is 4.43. The number of aliphatic hydroxyl groups is 1. The van der Waals surface area contributed by atoms with Gasteiger partial charge in [-0.1, -0.05) is 12.2 Å². The van der Waals surface area contributed by atoms with Gasteiger partial charge in [0.15, 0.2) is 5.75 Å². The number of rotatable bonds is 4. The molecule has 1 aromatic carbocycles. The molecule has 0 aliphatic heterocycles. The van der Waals surface area contributed by atoms with Crippen LogP contribution in [0, 0.1) is 10.1 Å². The Kier molecular flexibility index (Phi) is 3.84. The predicted octanol–water partition coefficient (Wildman–Crippen LogP) is 1.31. The molecule has 0 radical (unpaired) electrons.